The van der Waals surface area contributed by atoms with Gasteiger partial charge in [-0.1, -0.05) is 0 Å². The number of Topliss-reactive ketones (excluding diaryl/α,β-unsaturated/α-hetero) is 1. The van der Waals surface area contributed by atoms with Crippen LogP contribution in [0.25, 0.3) is 0 Å². The standard InChI is InChI=1S/C19H25FN2O3.ClH/c1-22(15-10-13-4-5-14(11-15)21-13)19(24)8-6-17(23)12-3-7-18(25-2)16(20)9-12;/h3,7,9,13-15,21H,4-6,8,10-11H2,1-2H3;1H. The molecule has 2 unspecified atom stereocenters. The Morgan fingerprint density at radius 3 is 2.46 bits per heavy atom. The van der Waals surface area contributed by atoms with Gasteiger partial charge >= 0.3 is 0 Å². The second-order valence-electron chi connectivity index (χ2n) is 7.04. The largest absolute Gasteiger partial charge is 0.494 e. The lowest BCUT2D eigenvalue weighted by atomic mass is 9.98. The quantitative estimate of drug-likeness (QED) is 0.766. The van der Waals surface area contributed by atoms with E-state index in [-0.39, 0.29) is 54.3 Å². The Morgan fingerprint density at radius 1 is 1.23 bits per heavy atom. The lowest BCUT2D eigenvalue weighted by Gasteiger charge is -2.35. The van der Waals surface area contributed by atoms with Crippen molar-refractivity contribution in [2.45, 2.75) is 56.7 Å². The van der Waals surface area contributed by atoms with E-state index in [1.54, 1.807) is 4.90 Å². The monoisotopic (exact) mass is 384 g/mol. The molecule has 0 saturated carbocycles. The Morgan fingerprint density at radius 2 is 1.88 bits per heavy atom. The van der Waals surface area contributed by atoms with E-state index in [0.717, 1.165) is 12.8 Å². The summed E-state index contributed by atoms with van der Waals surface area (Å²) in [6.45, 7) is 0. The number of nitrogens with zero attached hydrogens (tertiary/aromatic N) is 1. The summed E-state index contributed by atoms with van der Waals surface area (Å²) in [7, 11) is 3.21. The SMILES string of the molecule is COc1ccc(C(=O)CCC(=O)N(C)C2CC3CCC(C2)N3)cc1F.Cl. The van der Waals surface area contributed by atoms with E-state index in [1.807, 2.05) is 7.05 Å². The number of rotatable bonds is 6. The highest BCUT2D eigenvalue weighted by Gasteiger charge is 2.36. The van der Waals surface area contributed by atoms with Crippen LogP contribution in [-0.4, -0.2) is 48.9 Å². The topological polar surface area (TPSA) is 58.6 Å². The van der Waals surface area contributed by atoms with Gasteiger partial charge in [0.05, 0.1) is 7.11 Å². The molecule has 144 valence electrons. The number of piperidine rings is 1. The van der Waals surface area contributed by atoms with Crippen LogP contribution in [0.3, 0.4) is 0 Å². The average molecular weight is 385 g/mol. The molecule has 1 aromatic rings. The summed E-state index contributed by atoms with van der Waals surface area (Å²) in [6, 6.07) is 5.41. The summed E-state index contributed by atoms with van der Waals surface area (Å²) >= 11 is 0. The third-order valence-electron chi connectivity index (χ3n) is 5.43. The van der Waals surface area contributed by atoms with E-state index >= 15 is 0 Å². The first kappa shape index (κ1) is 20.6. The van der Waals surface area contributed by atoms with Crippen molar-refractivity contribution in [2.75, 3.05) is 14.2 Å². The van der Waals surface area contributed by atoms with Gasteiger partial charge in [0.2, 0.25) is 5.91 Å². The molecule has 1 N–H and O–H groups in total. The predicted octanol–water partition coefficient (Wildman–Crippen LogP) is 2.96. The lowest BCUT2D eigenvalue weighted by molar-refractivity contribution is -0.132. The molecule has 0 aliphatic carbocycles. The second-order valence-corrected chi connectivity index (χ2v) is 7.04. The van der Waals surface area contributed by atoms with Crippen LogP contribution in [0.4, 0.5) is 4.39 Å². The first-order chi connectivity index (χ1) is 12.0. The zero-order valence-corrected chi connectivity index (χ0v) is 16.0. The van der Waals surface area contributed by atoms with Gasteiger partial charge in [0.15, 0.2) is 17.3 Å². The Labute approximate surface area is 159 Å². The Hall–Kier alpha value is -1.66. The normalized spacial score (nSPS) is 23.9. The average Bonchev–Trinajstić information content (AvgIpc) is 2.96. The van der Waals surface area contributed by atoms with Gasteiger partial charge in [-0.05, 0) is 43.9 Å². The third kappa shape index (κ3) is 4.54. The molecule has 2 aliphatic rings. The fourth-order valence-corrected chi connectivity index (χ4v) is 3.93. The fraction of sp³-hybridized carbons (Fsp3) is 0.579. The van der Waals surface area contributed by atoms with E-state index in [1.165, 1.54) is 38.2 Å². The molecule has 0 spiro atoms. The maximum atomic E-state index is 13.7. The smallest absolute Gasteiger partial charge is 0.223 e. The fourth-order valence-electron chi connectivity index (χ4n) is 3.93. The van der Waals surface area contributed by atoms with Gasteiger partial charge in [0.1, 0.15) is 0 Å². The number of halogens is 2. The highest BCUT2D eigenvalue weighted by Crippen LogP contribution is 2.29. The number of fused-ring (bicyclic) bond motifs is 2. The third-order valence-corrected chi connectivity index (χ3v) is 5.43. The number of ether oxygens (including phenoxy) is 1. The summed E-state index contributed by atoms with van der Waals surface area (Å²) in [5.74, 6) is -0.711. The van der Waals surface area contributed by atoms with Crippen molar-refractivity contribution in [2.24, 2.45) is 0 Å². The molecular formula is C19H26ClFN2O3. The Balaban J connectivity index is 0.00000243. The first-order valence-corrected chi connectivity index (χ1v) is 8.86. The molecule has 5 nitrogen and oxygen atoms in total. The summed E-state index contributed by atoms with van der Waals surface area (Å²) < 4.78 is 18.5. The number of carbonyl (C=O) groups excluding carboxylic acids is 2. The van der Waals surface area contributed by atoms with Gasteiger partial charge in [-0.2, -0.15) is 0 Å². The van der Waals surface area contributed by atoms with E-state index < -0.39 is 5.82 Å². The van der Waals surface area contributed by atoms with Crippen LogP contribution in [0.1, 0.15) is 48.9 Å². The Bertz CT molecular complexity index is 658. The molecule has 2 fully saturated rings. The van der Waals surface area contributed by atoms with E-state index in [0.29, 0.717) is 12.1 Å². The van der Waals surface area contributed by atoms with Gasteiger partial charge in [-0.25, -0.2) is 4.39 Å². The van der Waals surface area contributed by atoms with Crippen LogP contribution in [0, 0.1) is 5.82 Å². The maximum Gasteiger partial charge on any atom is 0.223 e. The van der Waals surface area contributed by atoms with Crippen molar-refractivity contribution in [3.05, 3.63) is 29.6 Å². The molecule has 2 aliphatic heterocycles. The number of amides is 1. The molecule has 0 radical (unpaired) electrons. The number of hydrogen-bond acceptors (Lipinski definition) is 4. The minimum atomic E-state index is -0.568. The minimum Gasteiger partial charge on any atom is -0.494 e. The van der Waals surface area contributed by atoms with Crippen molar-refractivity contribution >= 4 is 24.1 Å². The van der Waals surface area contributed by atoms with Crippen LogP contribution < -0.4 is 10.1 Å². The molecule has 26 heavy (non-hydrogen) atoms. The molecule has 3 rings (SSSR count). The number of carbonyl (C=O) groups is 2. The Kier molecular flexibility index (Phi) is 7.01. The van der Waals surface area contributed by atoms with Crippen molar-refractivity contribution in [1.82, 2.24) is 10.2 Å². The molecule has 2 saturated heterocycles. The summed E-state index contributed by atoms with van der Waals surface area (Å²) in [4.78, 5) is 26.5. The van der Waals surface area contributed by atoms with E-state index in [4.69, 9.17) is 4.74 Å². The number of benzene rings is 1. The molecule has 2 bridgehead atoms. The molecule has 0 aromatic heterocycles. The van der Waals surface area contributed by atoms with Gasteiger partial charge in [0.25, 0.3) is 0 Å². The highest BCUT2D eigenvalue weighted by atomic mass is 35.5. The lowest BCUT2D eigenvalue weighted by Crippen LogP contribution is -2.48. The zero-order valence-electron chi connectivity index (χ0n) is 15.2. The van der Waals surface area contributed by atoms with Crippen molar-refractivity contribution in [3.8, 4) is 5.75 Å². The number of ketones is 1. The van der Waals surface area contributed by atoms with E-state index in [2.05, 4.69) is 5.32 Å². The molecule has 1 aromatic carbocycles. The van der Waals surface area contributed by atoms with Gasteiger partial charge in [-0.3, -0.25) is 9.59 Å². The molecule has 2 atom stereocenters. The van der Waals surface area contributed by atoms with Crippen LogP contribution in [-0.2, 0) is 4.79 Å². The van der Waals surface area contributed by atoms with E-state index in [9.17, 15) is 14.0 Å². The van der Waals surface area contributed by atoms with Crippen molar-refractivity contribution < 1.29 is 18.7 Å². The predicted molar refractivity (Wildman–Crippen MR) is 99.5 cm³/mol. The molecular weight excluding hydrogens is 359 g/mol. The summed E-state index contributed by atoms with van der Waals surface area (Å²) in [6.07, 6.45) is 4.58. The number of hydrogen-bond donors (Lipinski definition) is 1. The first-order valence-electron chi connectivity index (χ1n) is 8.86. The summed E-state index contributed by atoms with van der Waals surface area (Å²) in [5, 5.41) is 3.56. The maximum absolute atomic E-state index is 13.7. The minimum absolute atomic E-state index is 0. The molecule has 7 heteroatoms. The highest BCUT2D eigenvalue weighted by molar-refractivity contribution is 5.98. The van der Waals surface area contributed by atoms with Crippen LogP contribution >= 0.6 is 12.4 Å². The van der Waals surface area contributed by atoms with Crippen LogP contribution in [0.5, 0.6) is 5.75 Å². The van der Waals surface area contributed by atoms with Crippen molar-refractivity contribution in [3.63, 3.8) is 0 Å². The van der Waals surface area contributed by atoms with Crippen LogP contribution in [0.2, 0.25) is 0 Å². The molecule has 2 heterocycles. The van der Waals surface area contributed by atoms with Gasteiger partial charge in [-0.15, -0.1) is 12.4 Å². The molecule has 1 amide bonds. The summed E-state index contributed by atoms with van der Waals surface area (Å²) in [5.41, 5.74) is 0.272. The van der Waals surface area contributed by atoms with Crippen molar-refractivity contribution in [1.29, 1.82) is 0 Å². The van der Waals surface area contributed by atoms with Crippen LogP contribution in [0.15, 0.2) is 18.2 Å². The zero-order chi connectivity index (χ0) is 18.0. The van der Waals surface area contributed by atoms with Gasteiger partial charge < -0.3 is 15.0 Å². The number of methoxy groups -OCH3 is 1. The van der Waals surface area contributed by atoms with Gasteiger partial charge in [0, 0.05) is 43.6 Å². The number of nitrogens with one attached hydrogen (secondary N) is 1. The second kappa shape index (κ2) is 8.82.